The van der Waals surface area contributed by atoms with Crippen LogP contribution in [-0.4, -0.2) is 62.8 Å². The Balaban J connectivity index is 1.09. The zero-order valence-corrected chi connectivity index (χ0v) is 24.8. The van der Waals surface area contributed by atoms with Gasteiger partial charge in [-0.05, 0) is 61.0 Å². The van der Waals surface area contributed by atoms with Gasteiger partial charge in [-0.2, -0.15) is 0 Å². The van der Waals surface area contributed by atoms with E-state index in [-0.39, 0.29) is 24.0 Å². The van der Waals surface area contributed by atoms with Crippen LogP contribution in [0, 0.1) is 0 Å². The molecule has 0 radical (unpaired) electrons. The number of benzene rings is 2. The maximum Gasteiger partial charge on any atom is 0.307 e. The van der Waals surface area contributed by atoms with E-state index in [1.165, 1.54) is 15.8 Å². The second-order valence-corrected chi connectivity index (χ2v) is 12.4. The van der Waals surface area contributed by atoms with Crippen LogP contribution in [0.2, 0.25) is 0 Å². The molecule has 0 spiro atoms. The summed E-state index contributed by atoms with van der Waals surface area (Å²) in [5.41, 5.74) is 2.92. The molecule has 3 aromatic rings. The van der Waals surface area contributed by atoms with Gasteiger partial charge in [-0.3, -0.25) is 19.4 Å². The van der Waals surface area contributed by atoms with Crippen LogP contribution < -0.4 is 14.5 Å². The van der Waals surface area contributed by atoms with Gasteiger partial charge in [0.05, 0.1) is 12.3 Å². The molecule has 40 heavy (non-hydrogen) atoms. The average Bonchev–Trinajstić information content (AvgIpc) is 3.42. The van der Waals surface area contributed by atoms with Crippen LogP contribution in [0.1, 0.15) is 58.4 Å². The quantitative estimate of drug-likeness (QED) is 0.205. The largest absolute Gasteiger partial charge is 0.494 e. The van der Waals surface area contributed by atoms with E-state index in [4.69, 9.17) is 9.47 Å². The molecule has 1 amide bonds. The van der Waals surface area contributed by atoms with Crippen LogP contribution in [0.4, 0.5) is 11.4 Å². The zero-order chi connectivity index (χ0) is 28.1. The number of carbonyl (C=O) groups is 2. The number of fused-ring (bicyclic) bond motifs is 2. The number of hydrogen-bond donors (Lipinski definition) is 0. The van der Waals surface area contributed by atoms with Gasteiger partial charge in [-0.15, -0.1) is 11.3 Å². The van der Waals surface area contributed by atoms with Crippen LogP contribution in [0.15, 0.2) is 47.8 Å². The lowest BCUT2D eigenvalue weighted by molar-refractivity contribution is -0.144. The van der Waals surface area contributed by atoms with Gasteiger partial charge in [0.15, 0.2) is 6.73 Å². The Morgan fingerprint density at radius 3 is 2.65 bits per heavy atom. The van der Waals surface area contributed by atoms with Crippen molar-refractivity contribution < 1.29 is 19.1 Å². The molecule has 0 unspecified atom stereocenters. The highest BCUT2D eigenvalue weighted by atomic mass is 32.1. The topological polar surface area (TPSA) is 62.3 Å². The third kappa shape index (κ3) is 6.44. The zero-order valence-electron chi connectivity index (χ0n) is 24.0. The first kappa shape index (κ1) is 28.4. The molecule has 2 aliphatic rings. The number of hydrogen-bond acceptors (Lipinski definition) is 7. The number of unbranched alkanes of at least 4 members (excludes halogenated alkanes) is 1. The Bertz CT molecular complexity index is 1330. The SMILES string of the molecule is CCCC(=O)OCN1C(=O)CC(C)(C)c2ccc(OCCCCN3CCN(c4cccc5sccc45)CC3)cc21. The molecule has 0 atom stereocenters. The van der Waals surface area contributed by atoms with Crippen molar-refractivity contribution in [2.75, 3.05) is 55.9 Å². The highest BCUT2D eigenvalue weighted by molar-refractivity contribution is 7.17. The number of piperazine rings is 1. The molecule has 214 valence electrons. The third-order valence-corrected chi connectivity index (χ3v) is 8.90. The van der Waals surface area contributed by atoms with Crippen molar-refractivity contribution in [3.63, 3.8) is 0 Å². The standard InChI is InChI=1S/C32H41N3O4S/c1-4-8-31(37)39-23-35-28-21-24(11-12-26(28)32(2,3)22-30(35)36)38-19-6-5-14-33-15-17-34(18-16-33)27-9-7-10-29-25(27)13-20-40-29/h7,9-13,20-21H,4-6,8,14-19,22-23H2,1-3H3. The lowest BCUT2D eigenvalue weighted by atomic mass is 9.77. The number of rotatable bonds is 11. The van der Waals surface area contributed by atoms with Crippen molar-refractivity contribution in [3.8, 4) is 5.75 Å². The highest BCUT2D eigenvalue weighted by Crippen LogP contribution is 2.42. The molecule has 3 heterocycles. The van der Waals surface area contributed by atoms with Crippen molar-refractivity contribution in [1.29, 1.82) is 0 Å². The van der Waals surface area contributed by atoms with Crippen molar-refractivity contribution in [2.45, 2.75) is 58.3 Å². The number of esters is 1. The van der Waals surface area contributed by atoms with E-state index in [0.29, 0.717) is 19.4 Å². The molecule has 2 aliphatic heterocycles. The summed E-state index contributed by atoms with van der Waals surface area (Å²) in [6.07, 6.45) is 3.50. The van der Waals surface area contributed by atoms with Gasteiger partial charge in [0.2, 0.25) is 5.91 Å². The number of ether oxygens (including phenoxy) is 2. The minimum Gasteiger partial charge on any atom is -0.494 e. The second-order valence-electron chi connectivity index (χ2n) is 11.5. The molecule has 1 aromatic heterocycles. The summed E-state index contributed by atoms with van der Waals surface area (Å²) in [5.74, 6) is 0.423. The molecule has 0 saturated carbocycles. The Kier molecular flexibility index (Phi) is 8.96. The summed E-state index contributed by atoms with van der Waals surface area (Å²) in [4.78, 5) is 31.5. The normalized spacial score (nSPS) is 17.2. The van der Waals surface area contributed by atoms with Gasteiger partial charge in [-0.1, -0.05) is 32.9 Å². The predicted octanol–water partition coefficient (Wildman–Crippen LogP) is 6.20. The first-order chi connectivity index (χ1) is 19.4. The fourth-order valence-electron chi connectivity index (χ4n) is 5.75. The lowest BCUT2D eigenvalue weighted by Crippen LogP contribution is -2.46. The molecular formula is C32H41N3O4S. The van der Waals surface area contributed by atoms with Crippen LogP contribution in [0.5, 0.6) is 5.75 Å². The maximum atomic E-state index is 12.9. The summed E-state index contributed by atoms with van der Waals surface area (Å²) >= 11 is 1.81. The first-order valence-electron chi connectivity index (χ1n) is 14.5. The molecule has 0 N–H and O–H groups in total. The van der Waals surface area contributed by atoms with E-state index in [0.717, 1.165) is 69.0 Å². The van der Waals surface area contributed by atoms with E-state index in [2.05, 4.69) is 53.3 Å². The van der Waals surface area contributed by atoms with Crippen LogP contribution in [0.3, 0.4) is 0 Å². The molecule has 1 saturated heterocycles. The summed E-state index contributed by atoms with van der Waals surface area (Å²) in [7, 11) is 0. The van der Waals surface area contributed by atoms with Crippen molar-refractivity contribution in [2.24, 2.45) is 0 Å². The Morgan fingerprint density at radius 1 is 1.02 bits per heavy atom. The number of thiophene rings is 1. The lowest BCUT2D eigenvalue weighted by Gasteiger charge is -2.38. The maximum absolute atomic E-state index is 12.9. The number of anilines is 2. The van der Waals surface area contributed by atoms with Crippen molar-refractivity contribution in [3.05, 3.63) is 53.4 Å². The van der Waals surface area contributed by atoms with Crippen molar-refractivity contribution in [1.82, 2.24) is 4.90 Å². The summed E-state index contributed by atoms with van der Waals surface area (Å²) < 4.78 is 12.9. The minimum absolute atomic E-state index is 0.0361. The fraction of sp³-hybridized carbons (Fsp3) is 0.500. The monoisotopic (exact) mass is 563 g/mol. The molecule has 5 rings (SSSR count). The fourth-order valence-corrected chi connectivity index (χ4v) is 6.56. The summed E-state index contributed by atoms with van der Waals surface area (Å²) in [6.45, 7) is 12.0. The predicted molar refractivity (Wildman–Crippen MR) is 163 cm³/mol. The van der Waals surface area contributed by atoms with Gasteiger partial charge in [0, 0.05) is 66.3 Å². The summed E-state index contributed by atoms with van der Waals surface area (Å²) in [6, 6.07) is 14.8. The van der Waals surface area contributed by atoms with E-state index in [1.807, 2.05) is 36.5 Å². The van der Waals surface area contributed by atoms with Crippen LogP contribution in [-0.2, 0) is 19.7 Å². The van der Waals surface area contributed by atoms with E-state index in [9.17, 15) is 9.59 Å². The number of carbonyl (C=O) groups excluding carboxylic acids is 2. The van der Waals surface area contributed by atoms with E-state index < -0.39 is 0 Å². The Labute approximate surface area is 241 Å². The van der Waals surface area contributed by atoms with Gasteiger partial charge in [-0.25, -0.2) is 0 Å². The second kappa shape index (κ2) is 12.6. The molecule has 2 aromatic carbocycles. The first-order valence-corrected chi connectivity index (χ1v) is 15.4. The van der Waals surface area contributed by atoms with Gasteiger partial charge in [0.25, 0.3) is 0 Å². The smallest absolute Gasteiger partial charge is 0.307 e. The van der Waals surface area contributed by atoms with Gasteiger partial charge >= 0.3 is 5.97 Å². The van der Waals surface area contributed by atoms with Crippen LogP contribution >= 0.6 is 11.3 Å². The van der Waals surface area contributed by atoms with Gasteiger partial charge in [0.1, 0.15) is 5.75 Å². The number of amides is 1. The molecular weight excluding hydrogens is 522 g/mol. The Hall–Kier alpha value is -3.10. The van der Waals surface area contributed by atoms with E-state index in [1.54, 1.807) is 4.90 Å². The van der Waals surface area contributed by atoms with Gasteiger partial charge < -0.3 is 14.4 Å². The Morgan fingerprint density at radius 2 is 1.85 bits per heavy atom. The molecule has 7 nitrogen and oxygen atoms in total. The minimum atomic E-state index is -0.283. The summed E-state index contributed by atoms with van der Waals surface area (Å²) in [5, 5.41) is 3.55. The van der Waals surface area contributed by atoms with Crippen molar-refractivity contribution >= 4 is 44.7 Å². The number of nitrogens with zero attached hydrogens (tertiary/aromatic N) is 3. The molecule has 0 bridgehead atoms. The average molecular weight is 564 g/mol. The van der Waals surface area contributed by atoms with E-state index >= 15 is 0 Å². The van der Waals surface area contributed by atoms with Crippen LogP contribution in [0.25, 0.3) is 10.1 Å². The molecule has 0 aliphatic carbocycles. The molecule has 1 fully saturated rings. The molecule has 8 heteroatoms. The third-order valence-electron chi connectivity index (χ3n) is 8.02. The highest BCUT2D eigenvalue weighted by Gasteiger charge is 2.37.